The van der Waals surface area contributed by atoms with Crippen molar-refractivity contribution in [3.63, 3.8) is 0 Å². The van der Waals surface area contributed by atoms with E-state index in [9.17, 15) is 4.79 Å². The van der Waals surface area contributed by atoms with Crippen molar-refractivity contribution in [3.8, 4) is 28.6 Å². The minimum absolute atomic E-state index is 0.230. The van der Waals surface area contributed by atoms with Gasteiger partial charge in [0.2, 0.25) is 5.82 Å². The Bertz CT molecular complexity index is 1240. The first-order valence-corrected chi connectivity index (χ1v) is 11.6. The quantitative estimate of drug-likeness (QED) is 0.445. The SMILES string of the molecule is CCOc1ccc(C2NC(=O)N(CCOC)C(C)=C2c2nc(-c3ccc(OC)c(OC)c3)no2)cc1. The summed E-state index contributed by atoms with van der Waals surface area (Å²) in [5.74, 6) is 2.60. The molecule has 1 N–H and O–H groups in total. The molecule has 0 saturated heterocycles. The Hall–Kier alpha value is -4.05. The number of nitrogens with zero attached hydrogens (tertiary/aromatic N) is 3. The van der Waals surface area contributed by atoms with E-state index in [0.29, 0.717) is 59.8 Å². The van der Waals surface area contributed by atoms with Crippen LogP contribution in [0.5, 0.6) is 17.2 Å². The smallest absolute Gasteiger partial charge is 0.322 e. The molecule has 4 rings (SSSR count). The topological polar surface area (TPSA) is 108 Å². The lowest BCUT2D eigenvalue weighted by molar-refractivity contribution is 0.158. The third kappa shape index (κ3) is 4.99. The zero-order valence-electron chi connectivity index (χ0n) is 21.0. The van der Waals surface area contributed by atoms with Crippen LogP contribution in [0.25, 0.3) is 17.0 Å². The molecular formula is C26H30N4O6. The molecule has 2 amide bonds. The Kier molecular flexibility index (Phi) is 7.74. The lowest BCUT2D eigenvalue weighted by Crippen LogP contribution is -2.47. The van der Waals surface area contributed by atoms with Crippen LogP contribution in [-0.4, -0.2) is 62.2 Å². The van der Waals surface area contributed by atoms with E-state index in [4.69, 9.17) is 23.5 Å². The number of aromatic nitrogens is 2. The number of carbonyl (C=O) groups excluding carboxylic acids is 1. The number of rotatable bonds is 10. The van der Waals surface area contributed by atoms with Crippen LogP contribution in [0.2, 0.25) is 0 Å². The van der Waals surface area contributed by atoms with Gasteiger partial charge in [-0.15, -0.1) is 0 Å². The second kappa shape index (κ2) is 11.1. The molecule has 10 nitrogen and oxygen atoms in total. The highest BCUT2D eigenvalue weighted by molar-refractivity contribution is 5.87. The summed E-state index contributed by atoms with van der Waals surface area (Å²) >= 11 is 0. The molecule has 1 aliphatic rings. The average molecular weight is 495 g/mol. The summed E-state index contributed by atoms with van der Waals surface area (Å²) in [5, 5.41) is 7.28. The fourth-order valence-electron chi connectivity index (χ4n) is 4.11. The highest BCUT2D eigenvalue weighted by atomic mass is 16.5. The number of allylic oxidation sites excluding steroid dienone is 1. The number of benzene rings is 2. The molecule has 10 heteroatoms. The Morgan fingerprint density at radius 2 is 1.81 bits per heavy atom. The highest BCUT2D eigenvalue weighted by Gasteiger charge is 2.35. The van der Waals surface area contributed by atoms with E-state index in [2.05, 4.69) is 15.5 Å². The average Bonchev–Trinajstić information content (AvgIpc) is 3.38. The molecule has 0 fully saturated rings. The molecule has 0 radical (unpaired) electrons. The van der Waals surface area contributed by atoms with E-state index in [1.807, 2.05) is 44.2 Å². The van der Waals surface area contributed by atoms with E-state index in [1.54, 1.807) is 38.4 Å². The molecule has 2 aromatic carbocycles. The summed E-state index contributed by atoms with van der Waals surface area (Å²) in [6.07, 6.45) is 0. The molecule has 3 aromatic rings. The first kappa shape index (κ1) is 25.1. The van der Waals surface area contributed by atoms with Gasteiger partial charge in [-0.25, -0.2) is 4.79 Å². The van der Waals surface area contributed by atoms with E-state index >= 15 is 0 Å². The van der Waals surface area contributed by atoms with Gasteiger partial charge in [0.05, 0.1) is 45.6 Å². The zero-order chi connectivity index (χ0) is 25.7. The number of hydrogen-bond donors (Lipinski definition) is 1. The number of amides is 2. The van der Waals surface area contributed by atoms with Gasteiger partial charge in [0.25, 0.3) is 5.89 Å². The lowest BCUT2D eigenvalue weighted by Gasteiger charge is -2.35. The van der Waals surface area contributed by atoms with Crippen molar-refractivity contribution in [2.24, 2.45) is 0 Å². The fourth-order valence-corrected chi connectivity index (χ4v) is 4.11. The summed E-state index contributed by atoms with van der Waals surface area (Å²) in [4.78, 5) is 19.3. The van der Waals surface area contributed by atoms with Gasteiger partial charge in [-0.3, -0.25) is 4.90 Å². The first-order valence-electron chi connectivity index (χ1n) is 11.6. The maximum Gasteiger partial charge on any atom is 0.322 e. The van der Waals surface area contributed by atoms with Gasteiger partial charge in [-0.2, -0.15) is 4.98 Å². The van der Waals surface area contributed by atoms with Crippen LogP contribution in [0.4, 0.5) is 4.79 Å². The number of urea groups is 1. The Morgan fingerprint density at radius 1 is 1.06 bits per heavy atom. The summed E-state index contributed by atoms with van der Waals surface area (Å²) in [6.45, 7) is 5.13. The minimum Gasteiger partial charge on any atom is -0.494 e. The third-order valence-corrected chi connectivity index (χ3v) is 5.94. The molecule has 2 heterocycles. The molecule has 190 valence electrons. The third-order valence-electron chi connectivity index (χ3n) is 5.94. The number of ether oxygens (including phenoxy) is 4. The summed E-state index contributed by atoms with van der Waals surface area (Å²) in [6, 6.07) is 12.2. The van der Waals surface area contributed by atoms with Crippen molar-refractivity contribution in [3.05, 3.63) is 59.6 Å². The van der Waals surface area contributed by atoms with Crippen molar-refractivity contribution in [1.29, 1.82) is 0 Å². The maximum atomic E-state index is 13.0. The second-order valence-corrected chi connectivity index (χ2v) is 8.02. The fraction of sp³-hybridized carbons (Fsp3) is 0.346. The molecule has 1 atom stereocenters. The number of hydrogen-bond acceptors (Lipinski definition) is 8. The predicted octanol–water partition coefficient (Wildman–Crippen LogP) is 4.30. The van der Waals surface area contributed by atoms with E-state index in [-0.39, 0.29) is 6.03 Å². The summed E-state index contributed by atoms with van der Waals surface area (Å²) in [7, 11) is 4.74. The van der Waals surface area contributed by atoms with Gasteiger partial charge in [-0.05, 0) is 49.7 Å². The van der Waals surface area contributed by atoms with E-state index in [0.717, 1.165) is 11.3 Å². The molecular weight excluding hydrogens is 464 g/mol. The van der Waals surface area contributed by atoms with Gasteiger partial charge in [0.15, 0.2) is 11.5 Å². The van der Waals surface area contributed by atoms with Gasteiger partial charge >= 0.3 is 6.03 Å². The van der Waals surface area contributed by atoms with Crippen LogP contribution in [0, 0.1) is 0 Å². The molecule has 1 unspecified atom stereocenters. The Labute approximate surface area is 209 Å². The van der Waals surface area contributed by atoms with Gasteiger partial charge < -0.3 is 28.8 Å². The zero-order valence-corrected chi connectivity index (χ0v) is 21.0. The van der Waals surface area contributed by atoms with Crippen LogP contribution in [0.3, 0.4) is 0 Å². The van der Waals surface area contributed by atoms with E-state index < -0.39 is 6.04 Å². The van der Waals surface area contributed by atoms with Crippen LogP contribution in [0.15, 0.2) is 52.7 Å². The lowest BCUT2D eigenvalue weighted by atomic mass is 9.94. The van der Waals surface area contributed by atoms with Crippen LogP contribution in [-0.2, 0) is 4.74 Å². The van der Waals surface area contributed by atoms with Crippen LogP contribution < -0.4 is 19.5 Å². The highest BCUT2D eigenvalue weighted by Crippen LogP contribution is 2.38. The van der Waals surface area contributed by atoms with Crippen molar-refractivity contribution < 1.29 is 28.3 Å². The summed E-state index contributed by atoms with van der Waals surface area (Å²) in [5.41, 5.74) is 2.97. The summed E-state index contributed by atoms with van der Waals surface area (Å²) < 4.78 is 27.2. The van der Waals surface area contributed by atoms with Crippen LogP contribution in [0.1, 0.15) is 31.3 Å². The number of carbonyl (C=O) groups is 1. The van der Waals surface area contributed by atoms with Crippen molar-refractivity contribution >= 4 is 11.6 Å². The van der Waals surface area contributed by atoms with Crippen molar-refractivity contribution in [1.82, 2.24) is 20.4 Å². The minimum atomic E-state index is -0.495. The first-order chi connectivity index (χ1) is 17.5. The molecule has 0 aliphatic carbocycles. The monoisotopic (exact) mass is 494 g/mol. The van der Waals surface area contributed by atoms with Crippen molar-refractivity contribution in [2.75, 3.05) is 41.1 Å². The normalized spacial score (nSPS) is 15.6. The molecule has 0 spiro atoms. The number of nitrogens with one attached hydrogen (secondary N) is 1. The molecule has 1 aromatic heterocycles. The largest absolute Gasteiger partial charge is 0.494 e. The van der Waals surface area contributed by atoms with Crippen LogP contribution >= 0.6 is 0 Å². The van der Waals surface area contributed by atoms with Gasteiger partial charge in [0.1, 0.15) is 5.75 Å². The van der Waals surface area contributed by atoms with Gasteiger partial charge in [-0.1, -0.05) is 17.3 Å². The predicted molar refractivity (Wildman–Crippen MR) is 133 cm³/mol. The second-order valence-electron chi connectivity index (χ2n) is 8.02. The maximum absolute atomic E-state index is 13.0. The molecule has 1 aliphatic heterocycles. The Balaban J connectivity index is 1.76. The molecule has 36 heavy (non-hydrogen) atoms. The van der Waals surface area contributed by atoms with Crippen molar-refractivity contribution in [2.45, 2.75) is 19.9 Å². The van der Waals surface area contributed by atoms with Gasteiger partial charge in [0, 0.05) is 18.4 Å². The molecule has 0 saturated carbocycles. The Morgan fingerprint density at radius 3 is 2.47 bits per heavy atom. The van der Waals surface area contributed by atoms with E-state index in [1.165, 1.54) is 0 Å². The molecule has 0 bridgehead atoms. The standard InChI is InChI=1S/C26H30N4O6/c1-6-35-19-10-7-17(8-11-19)23-22(16(2)30(13-14-32-3)26(31)27-23)25-28-24(29-36-25)18-9-12-20(33-4)21(15-18)34-5/h7-12,15,23H,6,13-14H2,1-5H3,(H,27,31). The number of methoxy groups -OCH3 is 3.